The number of nitro benzene ring substituents is 1. The second-order valence-corrected chi connectivity index (χ2v) is 7.89. The van der Waals surface area contributed by atoms with E-state index < -0.39 is 4.92 Å². The van der Waals surface area contributed by atoms with Crippen molar-refractivity contribution in [3.05, 3.63) is 115 Å². The van der Waals surface area contributed by atoms with Gasteiger partial charge in [0.05, 0.1) is 10.6 Å². The highest BCUT2D eigenvalue weighted by molar-refractivity contribution is 6.35. The SMILES string of the molecule is Cc1ccc(N2C(=O)/C(=C/c3ccc(Cl)cc3Cl)C=C2c2ccccc2)c([N+](=O)[O-])c1. The van der Waals surface area contributed by atoms with E-state index in [9.17, 15) is 14.9 Å². The Morgan fingerprint density at radius 2 is 1.74 bits per heavy atom. The van der Waals surface area contributed by atoms with Gasteiger partial charge in [0.1, 0.15) is 5.69 Å². The highest BCUT2D eigenvalue weighted by Gasteiger charge is 2.34. The monoisotopic (exact) mass is 450 g/mol. The number of hydrogen-bond acceptors (Lipinski definition) is 3. The van der Waals surface area contributed by atoms with Gasteiger partial charge in [-0.15, -0.1) is 0 Å². The number of hydrogen-bond donors (Lipinski definition) is 0. The van der Waals surface area contributed by atoms with Gasteiger partial charge >= 0.3 is 0 Å². The van der Waals surface area contributed by atoms with E-state index in [1.54, 1.807) is 49.4 Å². The quantitative estimate of drug-likeness (QED) is 0.253. The molecule has 4 rings (SSSR count). The molecule has 1 aliphatic rings. The molecule has 0 aromatic heterocycles. The fourth-order valence-electron chi connectivity index (χ4n) is 3.43. The normalized spacial score (nSPS) is 14.8. The van der Waals surface area contributed by atoms with Crippen LogP contribution in [0.5, 0.6) is 0 Å². The lowest BCUT2D eigenvalue weighted by Gasteiger charge is -2.21. The first-order chi connectivity index (χ1) is 14.8. The van der Waals surface area contributed by atoms with E-state index in [2.05, 4.69) is 0 Å². The molecule has 0 spiro atoms. The first kappa shape index (κ1) is 20.8. The summed E-state index contributed by atoms with van der Waals surface area (Å²) in [6.07, 6.45) is 3.37. The van der Waals surface area contributed by atoms with Crippen LogP contribution >= 0.6 is 23.2 Å². The Labute approximate surface area is 189 Å². The fraction of sp³-hybridized carbons (Fsp3) is 0.0417. The van der Waals surface area contributed by atoms with Gasteiger partial charge < -0.3 is 0 Å². The minimum Gasteiger partial charge on any atom is -0.270 e. The van der Waals surface area contributed by atoms with Gasteiger partial charge in [-0.2, -0.15) is 0 Å². The number of carbonyl (C=O) groups excluding carboxylic acids is 1. The fourth-order valence-corrected chi connectivity index (χ4v) is 3.89. The number of aryl methyl sites for hydroxylation is 1. The number of carbonyl (C=O) groups is 1. The lowest BCUT2D eigenvalue weighted by Crippen LogP contribution is -2.25. The van der Waals surface area contributed by atoms with E-state index in [-0.39, 0.29) is 17.3 Å². The first-order valence-electron chi connectivity index (χ1n) is 9.38. The molecule has 0 atom stereocenters. The summed E-state index contributed by atoms with van der Waals surface area (Å²) in [6, 6.07) is 19.1. The van der Waals surface area contributed by atoms with Crippen molar-refractivity contribution >= 4 is 52.3 Å². The Morgan fingerprint density at radius 1 is 1.00 bits per heavy atom. The molecule has 3 aromatic rings. The molecular formula is C24H16Cl2N2O3. The van der Waals surface area contributed by atoms with Gasteiger partial charge in [-0.1, -0.05) is 65.7 Å². The predicted octanol–water partition coefficient (Wildman–Crippen LogP) is 6.68. The minimum absolute atomic E-state index is 0.138. The molecule has 154 valence electrons. The Balaban J connectivity index is 1.90. The Hall–Kier alpha value is -3.41. The lowest BCUT2D eigenvalue weighted by atomic mass is 10.1. The van der Waals surface area contributed by atoms with E-state index in [1.165, 1.54) is 11.0 Å². The standard InChI is InChI=1S/C24H16Cl2N2O3/c1-15-7-10-21(23(11-15)28(30)31)27-22(16-5-3-2-4-6-16)13-18(24(27)29)12-17-8-9-19(25)14-20(17)26/h2-14H,1H3/b18-12+. The molecule has 0 unspecified atom stereocenters. The summed E-state index contributed by atoms with van der Waals surface area (Å²) in [7, 11) is 0. The summed E-state index contributed by atoms with van der Waals surface area (Å²) in [6.45, 7) is 1.77. The van der Waals surface area contributed by atoms with Crippen molar-refractivity contribution in [2.24, 2.45) is 0 Å². The van der Waals surface area contributed by atoms with Gasteiger partial charge in [-0.25, -0.2) is 0 Å². The number of nitro groups is 1. The van der Waals surface area contributed by atoms with E-state index >= 15 is 0 Å². The zero-order chi connectivity index (χ0) is 22.1. The Bertz CT molecular complexity index is 1270. The third kappa shape index (κ3) is 4.10. The second kappa shape index (κ2) is 8.38. The molecule has 0 N–H and O–H groups in total. The predicted molar refractivity (Wildman–Crippen MR) is 124 cm³/mol. The van der Waals surface area contributed by atoms with Crippen molar-refractivity contribution in [1.29, 1.82) is 0 Å². The summed E-state index contributed by atoms with van der Waals surface area (Å²) in [5.74, 6) is -0.378. The third-order valence-electron chi connectivity index (χ3n) is 4.89. The molecule has 1 aliphatic heterocycles. The lowest BCUT2D eigenvalue weighted by molar-refractivity contribution is -0.384. The van der Waals surface area contributed by atoms with Crippen LogP contribution in [0.25, 0.3) is 11.8 Å². The molecular weight excluding hydrogens is 435 g/mol. The molecule has 0 radical (unpaired) electrons. The topological polar surface area (TPSA) is 63.5 Å². The van der Waals surface area contributed by atoms with Crippen molar-refractivity contribution < 1.29 is 9.72 Å². The summed E-state index contributed by atoms with van der Waals surface area (Å²) in [5, 5.41) is 12.6. The molecule has 7 heteroatoms. The maximum Gasteiger partial charge on any atom is 0.293 e. The van der Waals surface area contributed by atoms with Crippen molar-refractivity contribution in [1.82, 2.24) is 0 Å². The zero-order valence-electron chi connectivity index (χ0n) is 16.4. The van der Waals surface area contributed by atoms with Crippen LogP contribution in [0.3, 0.4) is 0 Å². The summed E-state index contributed by atoms with van der Waals surface area (Å²) in [5.41, 5.74) is 3.10. The molecule has 1 heterocycles. The largest absolute Gasteiger partial charge is 0.293 e. The number of anilines is 1. The van der Waals surface area contributed by atoms with Crippen LogP contribution in [-0.4, -0.2) is 10.8 Å². The van der Waals surface area contributed by atoms with Crippen LogP contribution in [0.1, 0.15) is 16.7 Å². The first-order valence-corrected chi connectivity index (χ1v) is 10.1. The molecule has 1 amide bonds. The summed E-state index contributed by atoms with van der Waals surface area (Å²) in [4.78, 5) is 26.1. The number of benzene rings is 3. The maximum atomic E-state index is 13.4. The van der Waals surface area contributed by atoms with E-state index in [0.717, 1.165) is 11.1 Å². The maximum absolute atomic E-state index is 13.4. The van der Waals surface area contributed by atoms with Gasteiger partial charge in [-0.05, 0) is 54.0 Å². The van der Waals surface area contributed by atoms with Crippen LogP contribution < -0.4 is 4.90 Å². The number of amides is 1. The Kier molecular flexibility index (Phi) is 5.63. The molecule has 0 saturated carbocycles. The van der Waals surface area contributed by atoms with Gasteiger partial charge in [0.2, 0.25) is 0 Å². The molecule has 5 nitrogen and oxygen atoms in total. The highest BCUT2D eigenvalue weighted by atomic mass is 35.5. The van der Waals surface area contributed by atoms with Crippen molar-refractivity contribution in [2.45, 2.75) is 6.92 Å². The minimum atomic E-state index is -0.476. The third-order valence-corrected chi connectivity index (χ3v) is 5.46. The van der Waals surface area contributed by atoms with Crippen LogP contribution in [0.15, 0.2) is 78.4 Å². The number of nitrogens with zero attached hydrogens (tertiary/aromatic N) is 2. The van der Waals surface area contributed by atoms with Crippen LogP contribution in [-0.2, 0) is 4.79 Å². The summed E-state index contributed by atoms with van der Waals surface area (Å²) >= 11 is 12.3. The highest BCUT2D eigenvalue weighted by Crippen LogP contribution is 2.40. The molecule has 31 heavy (non-hydrogen) atoms. The summed E-state index contributed by atoms with van der Waals surface area (Å²) < 4.78 is 0. The number of rotatable bonds is 4. The van der Waals surface area contributed by atoms with Crippen LogP contribution in [0.4, 0.5) is 11.4 Å². The molecule has 0 saturated heterocycles. The van der Waals surface area contributed by atoms with Gasteiger partial charge in [0.25, 0.3) is 11.6 Å². The van der Waals surface area contributed by atoms with E-state index in [1.807, 2.05) is 30.3 Å². The van der Waals surface area contributed by atoms with Crippen LogP contribution in [0, 0.1) is 17.0 Å². The second-order valence-electron chi connectivity index (χ2n) is 7.05. The zero-order valence-corrected chi connectivity index (χ0v) is 17.9. The molecule has 0 aliphatic carbocycles. The van der Waals surface area contributed by atoms with Crippen molar-refractivity contribution in [3.63, 3.8) is 0 Å². The van der Waals surface area contributed by atoms with Gasteiger partial charge in [0.15, 0.2) is 0 Å². The van der Waals surface area contributed by atoms with Gasteiger partial charge in [0, 0.05) is 21.7 Å². The molecule has 0 fully saturated rings. The Morgan fingerprint density at radius 3 is 2.42 bits per heavy atom. The van der Waals surface area contributed by atoms with Crippen molar-refractivity contribution in [3.8, 4) is 0 Å². The van der Waals surface area contributed by atoms with Gasteiger partial charge in [-0.3, -0.25) is 19.8 Å². The smallest absolute Gasteiger partial charge is 0.270 e. The van der Waals surface area contributed by atoms with E-state index in [4.69, 9.17) is 23.2 Å². The molecule has 3 aromatic carbocycles. The number of halogens is 2. The van der Waals surface area contributed by atoms with Crippen LogP contribution in [0.2, 0.25) is 10.0 Å². The molecule has 0 bridgehead atoms. The van der Waals surface area contributed by atoms with E-state index in [0.29, 0.717) is 26.9 Å². The van der Waals surface area contributed by atoms with Crippen molar-refractivity contribution in [2.75, 3.05) is 4.90 Å². The average Bonchev–Trinajstić information content (AvgIpc) is 3.06. The average molecular weight is 451 g/mol.